The quantitative estimate of drug-likeness (QED) is 0.898. The molecule has 1 aromatic rings. The second-order valence-electron chi connectivity index (χ2n) is 5.01. The number of ether oxygens (including phenoxy) is 1. The molecule has 1 aromatic carbocycles. The molecule has 0 radical (unpaired) electrons. The average molecular weight is 302 g/mol. The maximum absolute atomic E-state index is 12.2. The van der Waals surface area contributed by atoms with Crippen molar-refractivity contribution in [2.75, 3.05) is 25.0 Å². The molecule has 0 aromatic heterocycles. The topological polar surface area (TPSA) is 50.4 Å². The number of hydrogen-bond donors (Lipinski definition) is 2. The zero-order valence-electron chi connectivity index (χ0n) is 11.6. The predicted molar refractivity (Wildman–Crippen MR) is 72.3 cm³/mol. The number of alkyl halides is 3. The number of benzene rings is 1. The summed E-state index contributed by atoms with van der Waals surface area (Å²) < 4.78 is 41.3. The lowest BCUT2D eigenvalue weighted by atomic mass is 10.1. The molecule has 1 atom stereocenters. The second kappa shape index (κ2) is 6.34. The van der Waals surface area contributed by atoms with E-state index >= 15 is 0 Å². The van der Waals surface area contributed by atoms with Gasteiger partial charge in [0.05, 0.1) is 5.92 Å². The molecule has 7 heteroatoms. The molecule has 21 heavy (non-hydrogen) atoms. The van der Waals surface area contributed by atoms with Gasteiger partial charge in [0, 0.05) is 17.8 Å². The fourth-order valence-corrected chi connectivity index (χ4v) is 2.18. The first kappa shape index (κ1) is 15.6. The molecule has 1 aliphatic rings. The van der Waals surface area contributed by atoms with Gasteiger partial charge in [0.1, 0.15) is 5.75 Å². The highest BCUT2D eigenvalue weighted by Crippen LogP contribution is 2.28. The minimum atomic E-state index is -4.39. The van der Waals surface area contributed by atoms with E-state index in [1.807, 2.05) is 0 Å². The molecule has 0 spiro atoms. The van der Waals surface area contributed by atoms with Gasteiger partial charge in [-0.25, -0.2) is 0 Å². The highest BCUT2D eigenvalue weighted by Gasteiger charge is 2.29. The Morgan fingerprint density at radius 1 is 1.48 bits per heavy atom. The van der Waals surface area contributed by atoms with E-state index in [0.717, 1.165) is 13.0 Å². The monoisotopic (exact) mass is 302 g/mol. The van der Waals surface area contributed by atoms with Crippen LogP contribution in [0.5, 0.6) is 5.75 Å². The Bertz CT molecular complexity index is 511. The van der Waals surface area contributed by atoms with Gasteiger partial charge in [-0.15, -0.1) is 0 Å². The first-order valence-electron chi connectivity index (χ1n) is 6.67. The summed E-state index contributed by atoms with van der Waals surface area (Å²) in [5.74, 6) is -0.116. The largest absolute Gasteiger partial charge is 0.484 e. The molecule has 1 amide bonds. The highest BCUT2D eigenvalue weighted by molar-refractivity contribution is 5.93. The molecule has 0 aliphatic carbocycles. The van der Waals surface area contributed by atoms with Gasteiger partial charge >= 0.3 is 6.18 Å². The molecular weight excluding hydrogens is 285 g/mol. The maximum atomic E-state index is 12.2. The van der Waals surface area contributed by atoms with E-state index in [9.17, 15) is 18.0 Å². The summed E-state index contributed by atoms with van der Waals surface area (Å²) in [7, 11) is 0. The molecule has 2 N–H and O–H groups in total. The summed E-state index contributed by atoms with van der Waals surface area (Å²) in [4.78, 5) is 12.0. The number of amides is 1. The van der Waals surface area contributed by atoms with Crippen LogP contribution in [0.15, 0.2) is 18.2 Å². The van der Waals surface area contributed by atoms with Crippen LogP contribution in [-0.4, -0.2) is 31.8 Å². The zero-order valence-corrected chi connectivity index (χ0v) is 11.6. The van der Waals surface area contributed by atoms with Crippen LogP contribution in [0.25, 0.3) is 0 Å². The molecule has 0 bridgehead atoms. The third-order valence-electron chi connectivity index (χ3n) is 3.36. The number of hydrogen-bond acceptors (Lipinski definition) is 3. The number of halogens is 3. The average Bonchev–Trinajstić information content (AvgIpc) is 2.92. The van der Waals surface area contributed by atoms with Crippen molar-refractivity contribution in [3.63, 3.8) is 0 Å². The Balaban J connectivity index is 2.04. The van der Waals surface area contributed by atoms with E-state index in [-0.39, 0.29) is 17.6 Å². The van der Waals surface area contributed by atoms with Crippen LogP contribution in [-0.2, 0) is 4.79 Å². The Kier molecular flexibility index (Phi) is 4.72. The van der Waals surface area contributed by atoms with Crippen molar-refractivity contribution in [2.45, 2.75) is 19.5 Å². The zero-order chi connectivity index (χ0) is 15.5. The predicted octanol–water partition coefficient (Wildman–Crippen LogP) is 2.48. The lowest BCUT2D eigenvalue weighted by Crippen LogP contribution is -2.25. The summed E-state index contributed by atoms with van der Waals surface area (Å²) in [5.41, 5.74) is 0.965. The third-order valence-corrected chi connectivity index (χ3v) is 3.36. The van der Waals surface area contributed by atoms with Gasteiger partial charge in [0.2, 0.25) is 5.91 Å². The molecule has 2 rings (SSSR count). The van der Waals surface area contributed by atoms with Gasteiger partial charge in [-0.2, -0.15) is 13.2 Å². The SMILES string of the molecule is Cc1c(NC(=O)C2CCNC2)cccc1OCC(F)(F)F. The summed E-state index contributed by atoms with van der Waals surface area (Å²) in [5, 5.41) is 5.84. The van der Waals surface area contributed by atoms with Crippen molar-refractivity contribution in [3.8, 4) is 5.75 Å². The minimum absolute atomic E-state index is 0.107. The minimum Gasteiger partial charge on any atom is -0.484 e. The number of carbonyl (C=O) groups excluding carboxylic acids is 1. The van der Waals surface area contributed by atoms with Gasteiger partial charge in [-0.05, 0) is 32.0 Å². The van der Waals surface area contributed by atoms with Crippen molar-refractivity contribution in [1.82, 2.24) is 5.32 Å². The Morgan fingerprint density at radius 3 is 2.86 bits per heavy atom. The molecule has 4 nitrogen and oxygen atoms in total. The standard InChI is InChI=1S/C14H17F3N2O2/c1-9-11(19-13(20)10-5-6-18-7-10)3-2-4-12(9)21-8-14(15,16)17/h2-4,10,18H,5-8H2,1H3,(H,19,20). The smallest absolute Gasteiger partial charge is 0.422 e. The van der Waals surface area contributed by atoms with Gasteiger partial charge in [-0.3, -0.25) is 4.79 Å². The van der Waals surface area contributed by atoms with E-state index in [2.05, 4.69) is 10.6 Å². The van der Waals surface area contributed by atoms with Gasteiger partial charge < -0.3 is 15.4 Å². The van der Waals surface area contributed by atoms with E-state index in [1.165, 1.54) is 6.07 Å². The molecule has 116 valence electrons. The number of anilines is 1. The van der Waals surface area contributed by atoms with E-state index in [1.54, 1.807) is 19.1 Å². The van der Waals surface area contributed by atoms with Crippen LogP contribution >= 0.6 is 0 Å². The van der Waals surface area contributed by atoms with Crippen molar-refractivity contribution in [1.29, 1.82) is 0 Å². The van der Waals surface area contributed by atoms with Crippen LogP contribution in [0.2, 0.25) is 0 Å². The second-order valence-corrected chi connectivity index (χ2v) is 5.01. The van der Waals surface area contributed by atoms with Crippen LogP contribution in [0.1, 0.15) is 12.0 Å². The lowest BCUT2D eigenvalue weighted by Gasteiger charge is -2.16. The summed E-state index contributed by atoms with van der Waals surface area (Å²) in [6, 6.07) is 4.66. The first-order chi connectivity index (χ1) is 9.87. The third kappa shape index (κ3) is 4.35. The van der Waals surface area contributed by atoms with Gasteiger partial charge in [0.25, 0.3) is 0 Å². The molecular formula is C14H17F3N2O2. The van der Waals surface area contributed by atoms with Crippen molar-refractivity contribution >= 4 is 11.6 Å². The van der Waals surface area contributed by atoms with Crippen LogP contribution < -0.4 is 15.4 Å². The molecule has 1 heterocycles. The molecule has 1 saturated heterocycles. The first-order valence-corrected chi connectivity index (χ1v) is 6.67. The van der Waals surface area contributed by atoms with Gasteiger partial charge in [0.15, 0.2) is 6.61 Å². The fourth-order valence-electron chi connectivity index (χ4n) is 2.18. The number of nitrogens with one attached hydrogen (secondary N) is 2. The molecule has 1 fully saturated rings. The number of rotatable bonds is 4. The maximum Gasteiger partial charge on any atom is 0.422 e. The molecule has 1 unspecified atom stereocenters. The van der Waals surface area contributed by atoms with Gasteiger partial charge in [-0.1, -0.05) is 6.07 Å². The van der Waals surface area contributed by atoms with Crippen LogP contribution in [0, 0.1) is 12.8 Å². The van der Waals surface area contributed by atoms with Crippen molar-refractivity contribution < 1.29 is 22.7 Å². The van der Waals surface area contributed by atoms with E-state index < -0.39 is 12.8 Å². The summed E-state index contributed by atoms with van der Waals surface area (Å²) in [6.07, 6.45) is -3.63. The highest BCUT2D eigenvalue weighted by atomic mass is 19.4. The molecule has 1 aliphatic heterocycles. The summed E-state index contributed by atoms with van der Waals surface area (Å²) in [6.45, 7) is 1.69. The van der Waals surface area contributed by atoms with E-state index in [4.69, 9.17) is 4.74 Å². The summed E-state index contributed by atoms with van der Waals surface area (Å²) >= 11 is 0. The van der Waals surface area contributed by atoms with Crippen molar-refractivity contribution in [2.24, 2.45) is 5.92 Å². The fraction of sp³-hybridized carbons (Fsp3) is 0.500. The lowest BCUT2D eigenvalue weighted by molar-refractivity contribution is -0.153. The molecule has 0 saturated carbocycles. The van der Waals surface area contributed by atoms with E-state index in [0.29, 0.717) is 17.8 Å². The normalized spacial score (nSPS) is 18.6. The van der Waals surface area contributed by atoms with Crippen LogP contribution in [0.4, 0.5) is 18.9 Å². The number of carbonyl (C=O) groups is 1. The Labute approximate surface area is 120 Å². The van der Waals surface area contributed by atoms with Crippen LogP contribution in [0.3, 0.4) is 0 Å². The Morgan fingerprint density at radius 2 is 2.24 bits per heavy atom. The Hall–Kier alpha value is -1.76. The van der Waals surface area contributed by atoms with Crippen molar-refractivity contribution in [3.05, 3.63) is 23.8 Å².